The van der Waals surface area contributed by atoms with Crippen LogP contribution in [0.1, 0.15) is 5.56 Å². The average molecular weight is 257 g/mol. The van der Waals surface area contributed by atoms with Crippen LogP contribution in [0.15, 0.2) is 53.6 Å². The topological polar surface area (TPSA) is 50.2 Å². The maximum atomic E-state index is 10.4. The quantitative estimate of drug-likeness (QED) is 0.656. The molecule has 0 saturated heterocycles. The lowest BCUT2D eigenvalue weighted by molar-refractivity contribution is -0.131. The third-order valence-corrected chi connectivity index (χ3v) is 2.64. The van der Waals surface area contributed by atoms with Gasteiger partial charge in [0.1, 0.15) is 0 Å². The van der Waals surface area contributed by atoms with Crippen molar-refractivity contribution >= 4 is 24.7 Å². The zero-order valence-electron chi connectivity index (χ0n) is 9.45. The summed E-state index contributed by atoms with van der Waals surface area (Å²) in [6.07, 6.45) is 4.36. The van der Waals surface area contributed by atoms with Crippen LogP contribution < -0.4 is 0 Å². The highest BCUT2D eigenvalue weighted by Crippen LogP contribution is 2.19. The highest BCUT2D eigenvalue weighted by molar-refractivity contribution is 7.80. The number of hydrogen-bond donors (Lipinski definition) is 2. The third kappa shape index (κ3) is 3.21. The largest absolute Gasteiger partial charge is 0.478 e. The number of thiol groups is 1. The molecule has 0 atom stereocenters. The molecule has 1 heterocycles. The Morgan fingerprint density at radius 3 is 2.44 bits per heavy atom. The van der Waals surface area contributed by atoms with E-state index in [1.54, 1.807) is 12.3 Å². The van der Waals surface area contributed by atoms with Crippen LogP contribution in [0, 0.1) is 0 Å². The molecule has 0 aliphatic carbocycles. The Balaban J connectivity index is 2.22. The van der Waals surface area contributed by atoms with Gasteiger partial charge in [0.15, 0.2) is 0 Å². The lowest BCUT2D eigenvalue weighted by atomic mass is 10.1. The molecule has 0 aliphatic heterocycles. The SMILES string of the molecule is O=C(O)/C=C/c1ccc(-c2ccc(S)cn2)cc1. The van der Waals surface area contributed by atoms with E-state index in [2.05, 4.69) is 17.6 Å². The van der Waals surface area contributed by atoms with Crippen LogP contribution >= 0.6 is 12.6 Å². The van der Waals surface area contributed by atoms with E-state index in [-0.39, 0.29) is 0 Å². The minimum atomic E-state index is -0.954. The second-order valence-corrected chi connectivity index (χ2v) is 4.21. The van der Waals surface area contributed by atoms with Gasteiger partial charge in [0.05, 0.1) is 5.69 Å². The van der Waals surface area contributed by atoms with Gasteiger partial charge in [-0.3, -0.25) is 4.98 Å². The first-order chi connectivity index (χ1) is 8.65. The highest BCUT2D eigenvalue weighted by atomic mass is 32.1. The number of benzene rings is 1. The summed E-state index contributed by atoms with van der Waals surface area (Å²) in [5, 5.41) is 8.53. The molecule has 1 aromatic heterocycles. The second-order valence-electron chi connectivity index (χ2n) is 3.70. The number of rotatable bonds is 3. The minimum Gasteiger partial charge on any atom is -0.478 e. The van der Waals surface area contributed by atoms with Crippen LogP contribution in [0.3, 0.4) is 0 Å². The predicted octanol–water partition coefficient (Wildman–Crippen LogP) is 3.14. The number of carbonyl (C=O) groups is 1. The van der Waals surface area contributed by atoms with Crippen LogP contribution in [-0.4, -0.2) is 16.1 Å². The summed E-state index contributed by atoms with van der Waals surface area (Å²) >= 11 is 4.18. The molecule has 0 unspecified atom stereocenters. The molecule has 0 fully saturated rings. The van der Waals surface area contributed by atoms with Gasteiger partial charge in [-0.1, -0.05) is 24.3 Å². The molecule has 90 valence electrons. The van der Waals surface area contributed by atoms with Crippen molar-refractivity contribution in [2.75, 3.05) is 0 Å². The van der Waals surface area contributed by atoms with E-state index >= 15 is 0 Å². The van der Waals surface area contributed by atoms with Gasteiger partial charge in [-0.2, -0.15) is 0 Å². The smallest absolute Gasteiger partial charge is 0.328 e. The van der Waals surface area contributed by atoms with E-state index in [0.717, 1.165) is 27.8 Å². The van der Waals surface area contributed by atoms with Crippen LogP contribution in [0.4, 0.5) is 0 Å². The lowest BCUT2D eigenvalue weighted by Gasteiger charge is -2.01. The van der Waals surface area contributed by atoms with Crippen LogP contribution in [0.25, 0.3) is 17.3 Å². The minimum absolute atomic E-state index is 0.819. The monoisotopic (exact) mass is 257 g/mol. The fourth-order valence-electron chi connectivity index (χ4n) is 1.49. The van der Waals surface area contributed by atoms with E-state index in [1.807, 2.05) is 36.4 Å². The normalized spacial score (nSPS) is 10.7. The molecule has 4 heteroatoms. The Labute approximate surface area is 110 Å². The highest BCUT2D eigenvalue weighted by Gasteiger charge is 1.98. The fraction of sp³-hybridized carbons (Fsp3) is 0. The van der Waals surface area contributed by atoms with Gasteiger partial charge in [0.2, 0.25) is 0 Å². The Morgan fingerprint density at radius 2 is 1.89 bits per heavy atom. The molecule has 0 spiro atoms. The summed E-state index contributed by atoms with van der Waals surface area (Å²) in [7, 11) is 0. The molecule has 0 bridgehead atoms. The molecular weight excluding hydrogens is 246 g/mol. The van der Waals surface area contributed by atoms with E-state index in [1.165, 1.54) is 0 Å². The van der Waals surface area contributed by atoms with Crippen molar-refractivity contribution < 1.29 is 9.90 Å². The molecule has 2 rings (SSSR count). The summed E-state index contributed by atoms with van der Waals surface area (Å²) in [6, 6.07) is 11.3. The molecule has 3 nitrogen and oxygen atoms in total. The zero-order valence-corrected chi connectivity index (χ0v) is 10.3. The Bertz CT molecular complexity index is 574. The Kier molecular flexibility index (Phi) is 3.79. The van der Waals surface area contributed by atoms with Crippen LogP contribution in [0.2, 0.25) is 0 Å². The van der Waals surface area contributed by atoms with Gasteiger partial charge in [0, 0.05) is 22.7 Å². The molecule has 2 aromatic rings. The lowest BCUT2D eigenvalue weighted by Crippen LogP contribution is -1.86. The average Bonchev–Trinajstić information content (AvgIpc) is 2.38. The summed E-state index contributed by atoms with van der Waals surface area (Å²) in [5.41, 5.74) is 2.68. The van der Waals surface area contributed by atoms with Gasteiger partial charge >= 0.3 is 5.97 Å². The van der Waals surface area contributed by atoms with Crippen molar-refractivity contribution in [1.82, 2.24) is 4.98 Å². The summed E-state index contributed by atoms with van der Waals surface area (Å²) in [6.45, 7) is 0. The van der Waals surface area contributed by atoms with Crippen molar-refractivity contribution in [2.24, 2.45) is 0 Å². The number of pyridine rings is 1. The molecule has 0 saturated carbocycles. The van der Waals surface area contributed by atoms with Crippen LogP contribution in [-0.2, 0) is 4.79 Å². The van der Waals surface area contributed by atoms with Gasteiger partial charge in [-0.15, -0.1) is 12.6 Å². The maximum absolute atomic E-state index is 10.4. The predicted molar refractivity (Wildman–Crippen MR) is 73.6 cm³/mol. The van der Waals surface area contributed by atoms with Gasteiger partial charge in [-0.25, -0.2) is 4.79 Å². The first kappa shape index (κ1) is 12.4. The summed E-state index contributed by atoms with van der Waals surface area (Å²) < 4.78 is 0. The number of carboxylic acids is 1. The van der Waals surface area contributed by atoms with E-state index in [0.29, 0.717) is 0 Å². The van der Waals surface area contributed by atoms with Crippen LogP contribution in [0.5, 0.6) is 0 Å². The maximum Gasteiger partial charge on any atom is 0.328 e. The molecule has 18 heavy (non-hydrogen) atoms. The third-order valence-electron chi connectivity index (χ3n) is 2.37. The van der Waals surface area contributed by atoms with E-state index in [9.17, 15) is 4.79 Å². The standard InChI is InChI=1S/C14H11NO2S/c16-14(17)8-3-10-1-4-11(5-2-10)13-7-6-12(18)9-15-13/h1-9,18H,(H,16,17)/b8-3+. The van der Waals surface area contributed by atoms with Crippen molar-refractivity contribution in [3.8, 4) is 11.3 Å². The number of hydrogen-bond acceptors (Lipinski definition) is 3. The molecule has 0 amide bonds. The number of nitrogens with zero attached hydrogens (tertiary/aromatic N) is 1. The second kappa shape index (κ2) is 5.51. The van der Waals surface area contributed by atoms with Gasteiger partial charge in [-0.05, 0) is 23.8 Å². The summed E-state index contributed by atoms with van der Waals surface area (Å²) in [5.74, 6) is -0.954. The molecular formula is C14H11NO2S. The van der Waals surface area contributed by atoms with Gasteiger partial charge < -0.3 is 5.11 Å². The van der Waals surface area contributed by atoms with Crippen molar-refractivity contribution in [3.05, 3.63) is 54.2 Å². The first-order valence-corrected chi connectivity index (χ1v) is 5.76. The number of aromatic nitrogens is 1. The zero-order chi connectivity index (χ0) is 13.0. The molecule has 0 aliphatic rings. The molecule has 0 radical (unpaired) electrons. The Hall–Kier alpha value is -2.07. The summed E-state index contributed by atoms with van der Waals surface area (Å²) in [4.78, 5) is 15.5. The van der Waals surface area contributed by atoms with Crippen molar-refractivity contribution in [2.45, 2.75) is 4.90 Å². The Morgan fingerprint density at radius 1 is 1.17 bits per heavy atom. The molecule has 1 N–H and O–H groups in total. The number of aliphatic carboxylic acids is 1. The van der Waals surface area contributed by atoms with E-state index in [4.69, 9.17) is 5.11 Å². The first-order valence-electron chi connectivity index (χ1n) is 5.31. The van der Waals surface area contributed by atoms with Crippen molar-refractivity contribution in [3.63, 3.8) is 0 Å². The fourth-order valence-corrected chi connectivity index (χ4v) is 1.62. The van der Waals surface area contributed by atoms with Gasteiger partial charge in [0.25, 0.3) is 0 Å². The molecule has 1 aromatic carbocycles. The number of carboxylic acid groups (broad SMARTS) is 1. The van der Waals surface area contributed by atoms with Crippen molar-refractivity contribution in [1.29, 1.82) is 0 Å². The van der Waals surface area contributed by atoms with E-state index < -0.39 is 5.97 Å².